The molecule has 0 atom stereocenters. The van der Waals surface area contributed by atoms with Crippen molar-refractivity contribution in [2.45, 2.75) is 65.3 Å². The maximum absolute atomic E-state index is 14.4. The minimum Gasteiger partial charge on any atom is -0.303 e. The largest absolute Gasteiger partial charge is 0.303 e. The van der Waals surface area contributed by atoms with Crippen molar-refractivity contribution < 1.29 is 14.0 Å². The summed E-state index contributed by atoms with van der Waals surface area (Å²) in [6.07, 6.45) is 4.21. The van der Waals surface area contributed by atoms with Crippen LogP contribution in [0.1, 0.15) is 62.8 Å². The zero-order chi connectivity index (χ0) is 28.4. The summed E-state index contributed by atoms with van der Waals surface area (Å²) in [6, 6.07) is 21.2. The van der Waals surface area contributed by atoms with Gasteiger partial charge in [0.2, 0.25) is 6.41 Å². The molecule has 0 heterocycles. The maximum atomic E-state index is 14.4. The number of carbonyl (C=O) groups excluding carboxylic acids is 2. The molecule has 0 bridgehead atoms. The molecule has 3 aromatic carbocycles. The van der Waals surface area contributed by atoms with Gasteiger partial charge < -0.3 is 9.69 Å². The first-order chi connectivity index (χ1) is 18.6. The Morgan fingerprint density at radius 1 is 0.923 bits per heavy atom. The zero-order valence-electron chi connectivity index (χ0n) is 23.8. The van der Waals surface area contributed by atoms with E-state index in [1.54, 1.807) is 17.0 Å². The van der Waals surface area contributed by atoms with E-state index in [9.17, 15) is 14.0 Å². The summed E-state index contributed by atoms with van der Waals surface area (Å²) in [7, 11) is 1.93. The molecule has 1 amide bonds. The van der Waals surface area contributed by atoms with Crippen molar-refractivity contribution in [3.8, 4) is 11.1 Å². The summed E-state index contributed by atoms with van der Waals surface area (Å²) >= 11 is 0. The van der Waals surface area contributed by atoms with Gasteiger partial charge >= 0.3 is 0 Å². The summed E-state index contributed by atoms with van der Waals surface area (Å²) in [5.41, 5.74) is 5.76. The highest BCUT2D eigenvalue weighted by Gasteiger charge is 2.14. The molecule has 0 saturated carbocycles. The van der Waals surface area contributed by atoms with Crippen molar-refractivity contribution in [3.63, 3.8) is 0 Å². The smallest absolute Gasteiger partial charge is 0.215 e. The number of rotatable bonds is 12. The molecule has 0 radical (unpaired) electrons. The van der Waals surface area contributed by atoms with E-state index >= 15 is 0 Å². The zero-order valence-corrected chi connectivity index (χ0v) is 23.8. The fourth-order valence-corrected chi connectivity index (χ4v) is 4.49. The molecule has 39 heavy (non-hydrogen) atoms. The molecule has 206 valence electrons. The lowest BCUT2D eigenvalue weighted by Crippen LogP contribution is -2.31. The average molecular weight is 530 g/mol. The van der Waals surface area contributed by atoms with Gasteiger partial charge in [0.15, 0.2) is 0 Å². The van der Waals surface area contributed by atoms with E-state index in [-0.39, 0.29) is 17.7 Å². The Kier molecular flexibility index (Phi) is 10.6. The van der Waals surface area contributed by atoms with Gasteiger partial charge in [0.1, 0.15) is 17.9 Å². The van der Waals surface area contributed by atoms with E-state index < -0.39 is 0 Å². The normalized spacial score (nSPS) is 11.8. The fourth-order valence-electron chi connectivity index (χ4n) is 4.49. The van der Waals surface area contributed by atoms with Crippen molar-refractivity contribution in [2.75, 3.05) is 13.6 Å². The molecule has 0 aliphatic rings. The van der Waals surface area contributed by atoms with E-state index in [1.807, 2.05) is 43.2 Å². The van der Waals surface area contributed by atoms with Crippen LogP contribution < -0.4 is 0 Å². The Hall–Kier alpha value is -3.80. The fraction of sp³-hybridized carbons (Fsp3) is 0.364. The van der Waals surface area contributed by atoms with Crippen molar-refractivity contribution in [2.24, 2.45) is 5.10 Å². The topological polar surface area (TPSA) is 53.0 Å². The number of hydrogen-bond donors (Lipinski definition) is 0. The van der Waals surface area contributed by atoms with Crippen LogP contribution in [0.25, 0.3) is 11.1 Å². The van der Waals surface area contributed by atoms with E-state index in [2.05, 4.69) is 45.0 Å². The van der Waals surface area contributed by atoms with Gasteiger partial charge in [-0.15, -0.1) is 0 Å². The molecular weight excluding hydrogens is 489 g/mol. The van der Waals surface area contributed by atoms with E-state index in [4.69, 9.17) is 5.10 Å². The lowest BCUT2D eigenvalue weighted by atomic mass is 9.87. The van der Waals surface area contributed by atoms with E-state index in [0.717, 1.165) is 53.6 Å². The number of aldehydes is 1. The third-order valence-corrected chi connectivity index (χ3v) is 6.80. The number of amidine groups is 1. The number of carbonyl (C=O) groups is 2. The monoisotopic (exact) mass is 529 g/mol. The van der Waals surface area contributed by atoms with Gasteiger partial charge in [-0.25, -0.2) is 4.39 Å². The number of hydrazone groups is 1. The van der Waals surface area contributed by atoms with Crippen molar-refractivity contribution >= 4 is 18.5 Å². The molecule has 0 spiro atoms. The van der Waals surface area contributed by atoms with Crippen LogP contribution in [0.2, 0.25) is 0 Å². The molecule has 0 fully saturated rings. The van der Waals surface area contributed by atoms with E-state index in [0.29, 0.717) is 25.1 Å². The first kappa shape index (κ1) is 29.8. The Morgan fingerprint density at radius 2 is 1.56 bits per heavy atom. The predicted octanol–water partition coefficient (Wildman–Crippen LogP) is 6.78. The second-order valence-electron chi connectivity index (χ2n) is 10.9. The van der Waals surface area contributed by atoms with Crippen molar-refractivity contribution in [1.29, 1.82) is 0 Å². The van der Waals surface area contributed by atoms with Gasteiger partial charge in [0.05, 0.1) is 6.54 Å². The van der Waals surface area contributed by atoms with Crippen LogP contribution in [0.15, 0.2) is 71.8 Å². The lowest BCUT2D eigenvalue weighted by Gasteiger charge is -2.22. The first-order valence-corrected chi connectivity index (χ1v) is 13.6. The van der Waals surface area contributed by atoms with Crippen LogP contribution in [0.3, 0.4) is 0 Å². The number of aryl methyl sites for hydroxylation is 1. The summed E-state index contributed by atoms with van der Waals surface area (Å²) in [4.78, 5) is 24.2. The van der Waals surface area contributed by atoms with Crippen LogP contribution in [0.5, 0.6) is 0 Å². The highest BCUT2D eigenvalue weighted by Crippen LogP contribution is 2.25. The second kappa shape index (κ2) is 13.8. The number of amides is 1. The van der Waals surface area contributed by atoms with Gasteiger partial charge in [-0.1, -0.05) is 75.4 Å². The number of nitrogens with zero attached hydrogens (tertiary/aromatic N) is 3. The molecule has 0 unspecified atom stereocenters. The highest BCUT2D eigenvalue weighted by atomic mass is 19.1. The quantitative estimate of drug-likeness (QED) is 0.112. The highest BCUT2D eigenvalue weighted by molar-refractivity contribution is 5.90. The molecule has 0 saturated heterocycles. The minimum atomic E-state index is -0.305. The number of benzene rings is 3. The Labute approximate surface area is 232 Å². The molecule has 6 heteroatoms. The molecule has 0 aliphatic heterocycles. The van der Waals surface area contributed by atoms with Crippen LogP contribution >= 0.6 is 0 Å². The van der Waals surface area contributed by atoms with Gasteiger partial charge in [-0.3, -0.25) is 9.80 Å². The summed E-state index contributed by atoms with van der Waals surface area (Å²) in [6.45, 7) is 9.75. The van der Waals surface area contributed by atoms with Crippen LogP contribution in [0.4, 0.5) is 4.39 Å². The first-order valence-electron chi connectivity index (χ1n) is 13.6. The predicted molar refractivity (Wildman–Crippen MR) is 157 cm³/mol. The maximum Gasteiger partial charge on any atom is 0.215 e. The third kappa shape index (κ3) is 8.60. The summed E-state index contributed by atoms with van der Waals surface area (Å²) in [5, 5.41) is 6.67. The Bertz CT molecular complexity index is 1260. The average Bonchev–Trinajstić information content (AvgIpc) is 2.91. The molecule has 0 aromatic heterocycles. The van der Waals surface area contributed by atoms with Crippen LogP contribution in [0, 0.1) is 5.82 Å². The van der Waals surface area contributed by atoms with Gasteiger partial charge in [-0.05, 0) is 65.1 Å². The van der Waals surface area contributed by atoms with Gasteiger partial charge in [-0.2, -0.15) is 5.10 Å². The van der Waals surface area contributed by atoms with Crippen molar-refractivity contribution in [3.05, 3.63) is 94.8 Å². The Morgan fingerprint density at radius 3 is 2.15 bits per heavy atom. The summed E-state index contributed by atoms with van der Waals surface area (Å²) in [5.74, 6) is 0.438. The second-order valence-corrected chi connectivity index (χ2v) is 10.9. The molecule has 5 nitrogen and oxygen atoms in total. The Balaban J connectivity index is 1.64. The van der Waals surface area contributed by atoms with Gasteiger partial charge in [0, 0.05) is 32.0 Å². The molecular formula is C33H40FN3O2. The minimum absolute atomic E-state index is 0.111. The van der Waals surface area contributed by atoms with Crippen LogP contribution in [-0.2, 0) is 34.4 Å². The van der Waals surface area contributed by atoms with Crippen molar-refractivity contribution in [1.82, 2.24) is 9.91 Å². The molecule has 3 aromatic rings. The molecule has 0 N–H and O–H groups in total. The SMILES string of the molecule is CCN(C=O)/C(CCCc1ccc(-c2cc(CC=O)ccc2F)cc1)=N\N(C)Cc1ccc(C(C)(C)C)cc1. The number of halogens is 1. The van der Waals surface area contributed by atoms with Crippen LogP contribution in [-0.4, -0.2) is 42.0 Å². The number of hydrogen-bond acceptors (Lipinski definition) is 4. The van der Waals surface area contributed by atoms with Gasteiger partial charge in [0.25, 0.3) is 0 Å². The standard InChI is InChI=1S/C33H40FN3O2/c1-6-37(24-39)32(35-36(5)23-27-12-17-29(18-13-27)33(2,3)4)9-7-8-25-10-15-28(16-11-25)30-22-26(20-21-38)14-19-31(30)34/h10-19,21-22,24H,6-9,20,23H2,1-5H3/b35-32-. The molecule has 0 aliphatic carbocycles. The molecule has 3 rings (SSSR count). The third-order valence-electron chi connectivity index (χ3n) is 6.80. The van der Waals surface area contributed by atoms with E-state index in [1.165, 1.54) is 11.6 Å². The summed E-state index contributed by atoms with van der Waals surface area (Å²) < 4.78 is 14.4. The lowest BCUT2D eigenvalue weighted by molar-refractivity contribution is -0.114.